The van der Waals surface area contributed by atoms with Crippen molar-refractivity contribution in [2.45, 2.75) is 19.4 Å². The molecule has 1 rings (SSSR count). The third-order valence-electron chi connectivity index (χ3n) is 2.22. The van der Waals surface area contributed by atoms with Crippen LogP contribution in [0.4, 0.5) is 0 Å². The normalized spacial score (nSPS) is 11.9. The lowest BCUT2D eigenvalue weighted by atomic mass is 10.0. The number of carbonyl (C=O) groups is 2. The maximum absolute atomic E-state index is 11.3. The standard InChI is InChI=1S/C12H15NO4/c1-2-17-12(16)10(13)7-8-4-3-5-9(6-8)11(14)15/h3-6,10H,2,7,13H2,1H3,(H,14,15). The lowest BCUT2D eigenvalue weighted by Crippen LogP contribution is -2.34. The maximum Gasteiger partial charge on any atom is 0.335 e. The second-order valence-corrected chi connectivity index (χ2v) is 3.57. The van der Waals surface area contributed by atoms with Crippen LogP contribution in [0, 0.1) is 0 Å². The first-order valence-electron chi connectivity index (χ1n) is 5.29. The van der Waals surface area contributed by atoms with E-state index in [1.165, 1.54) is 12.1 Å². The molecule has 1 aromatic rings. The highest BCUT2D eigenvalue weighted by atomic mass is 16.5. The fourth-order valence-electron chi connectivity index (χ4n) is 1.42. The summed E-state index contributed by atoms with van der Waals surface area (Å²) in [7, 11) is 0. The average molecular weight is 237 g/mol. The number of carboxylic acids is 1. The van der Waals surface area contributed by atoms with E-state index in [1.807, 2.05) is 0 Å². The topological polar surface area (TPSA) is 89.6 Å². The van der Waals surface area contributed by atoms with Gasteiger partial charge in [-0.1, -0.05) is 12.1 Å². The van der Waals surface area contributed by atoms with Crippen molar-refractivity contribution in [1.29, 1.82) is 0 Å². The summed E-state index contributed by atoms with van der Waals surface area (Å²) in [5.74, 6) is -1.48. The van der Waals surface area contributed by atoms with Crippen LogP contribution in [0.25, 0.3) is 0 Å². The molecule has 17 heavy (non-hydrogen) atoms. The molecule has 0 amide bonds. The molecule has 0 spiro atoms. The summed E-state index contributed by atoms with van der Waals surface area (Å²) in [5.41, 5.74) is 6.52. The highest BCUT2D eigenvalue weighted by molar-refractivity contribution is 5.87. The Morgan fingerprint density at radius 3 is 2.76 bits per heavy atom. The third-order valence-corrected chi connectivity index (χ3v) is 2.22. The van der Waals surface area contributed by atoms with Gasteiger partial charge in [-0.3, -0.25) is 4.79 Å². The SMILES string of the molecule is CCOC(=O)C(N)Cc1cccc(C(=O)O)c1. The van der Waals surface area contributed by atoms with Crippen LogP contribution in [0.3, 0.4) is 0 Å². The number of esters is 1. The van der Waals surface area contributed by atoms with Crippen molar-refractivity contribution in [2.75, 3.05) is 6.61 Å². The Morgan fingerprint density at radius 2 is 2.18 bits per heavy atom. The number of ether oxygens (including phenoxy) is 1. The fourth-order valence-corrected chi connectivity index (χ4v) is 1.42. The lowest BCUT2D eigenvalue weighted by Gasteiger charge is -2.10. The molecule has 3 N–H and O–H groups in total. The summed E-state index contributed by atoms with van der Waals surface area (Å²) < 4.78 is 4.77. The molecule has 5 nitrogen and oxygen atoms in total. The Labute approximate surface area is 99.2 Å². The minimum Gasteiger partial charge on any atom is -0.478 e. The second-order valence-electron chi connectivity index (χ2n) is 3.57. The first kappa shape index (κ1) is 13.2. The van der Waals surface area contributed by atoms with E-state index in [9.17, 15) is 9.59 Å². The predicted octanol–water partition coefficient (Wildman–Crippen LogP) is 0.818. The van der Waals surface area contributed by atoms with Crippen LogP contribution >= 0.6 is 0 Å². The molecule has 1 unspecified atom stereocenters. The number of hydrogen-bond donors (Lipinski definition) is 2. The molecule has 0 aliphatic heterocycles. The molecule has 5 heteroatoms. The fraction of sp³-hybridized carbons (Fsp3) is 0.333. The molecule has 1 aromatic carbocycles. The van der Waals surface area contributed by atoms with E-state index in [1.54, 1.807) is 19.1 Å². The number of carboxylic acid groups (broad SMARTS) is 1. The molecular formula is C12H15NO4. The summed E-state index contributed by atoms with van der Waals surface area (Å²) in [6.07, 6.45) is 0.264. The van der Waals surface area contributed by atoms with E-state index in [0.29, 0.717) is 5.56 Å². The Morgan fingerprint density at radius 1 is 1.47 bits per heavy atom. The zero-order valence-electron chi connectivity index (χ0n) is 9.55. The Balaban J connectivity index is 2.71. The van der Waals surface area contributed by atoms with E-state index < -0.39 is 18.0 Å². The van der Waals surface area contributed by atoms with Crippen LogP contribution in [0.1, 0.15) is 22.8 Å². The van der Waals surface area contributed by atoms with Crippen LogP contribution in [0.2, 0.25) is 0 Å². The molecule has 0 saturated heterocycles. The Hall–Kier alpha value is -1.88. The molecule has 0 aliphatic carbocycles. The summed E-state index contributed by atoms with van der Waals surface area (Å²) in [6, 6.07) is 5.57. The minimum atomic E-state index is -1.00. The van der Waals surface area contributed by atoms with Crippen LogP contribution in [-0.2, 0) is 16.0 Å². The summed E-state index contributed by atoms with van der Waals surface area (Å²) in [5, 5.41) is 8.81. The minimum absolute atomic E-state index is 0.179. The van der Waals surface area contributed by atoms with Crippen LogP contribution in [0.5, 0.6) is 0 Å². The average Bonchev–Trinajstić information content (AvgIpc) is 2.29. The van der Waals surface area contributed by atoms with E-state index in [2.05, 4.69) is 0 Å². The number of hydrogen-bond acceptors (Lipinski definition) is 4. The van der Waals surface area contributed by atoms with Gasteiger partial charge in [0.1, 0.15) is 6.04 Å². The molecule has 0 bridgehead atoms. The molecule has 0 radical (unpaired) electrons. The van der Waals surface area contributed by atoms with Gasteiger partial charge in [0.2, 0.25) is 0 Å². The zero-order valence-corrected chi connectivity index (χ0v) is 9.55. The zero-order chi connectivity index (χ0) is 12.8. The lowest BCUT2D eigenvalue weighted by molar-refractivity contribution is -0.144. The maximum atomic E-state index is 11.3. The van der Waals surface area contributed by atoms with Gasteiger partial charge in [0.15, 0.2) is 0 Å². The van der Waals surface area contributed by atoms with Gasteiger partial charge < -0.3 is 15.6 Å². The summed E-state index contributed by atoms with van der Waals surface area (Å²) in [6.45, 7) is 1.98. The highest BCUT2D eigenvalue weighted by Gasteiger charge is 2.15. The van der Waals surface area contributed by atoms with Gasteiger partial charge in [0, 0.05) is 0 Å². The summed E-state index contributed by atoms with van der Waals surface area (Å²) >= 11 is 0. The van der Waals surface area contributed by atoms with Gasteiger partial charge in [0.25, 0.3) is 0 Å². The predicted molar refractivity (Wildman–Crippen MR) is 61.7 cm³/mol. The number of nitrogens with two attached hydrogens (primary N) is 1. The van der Waals surface area contributed by atoms with Crippen LogP contribution in [0.15, 0.2) is 24.3 Å². The number of carbonyl (C=O) groups excluding carboxylic acids is 1. The largest absolute Gasteiger partial charge is 0.478 e. The van der Waals surface area contributed by atoms with Gasteiger partial charge >= 0.3 is 11.9 Å². The van der Waals surface area contributed by atoms with Gasteiger partial charge in [-0.15, -0.1) is 0 Å². The van der Waals surface area contributed by atoms with E-state index in [4.69, 9.17) is 15.6 Å². The van der Waals surface area contributed by atoms with E-state index >= 15 is 0 Å². The Bertz CT molecular complexity index is 417. The molecule has 0 fully saturated rings. The van der Waals surface area contributed by atoms with Crippen LogP contribution in [-0.4, -0.2) is 29.7 Å². The van der Waals surface area contributed by atoms with Gasteiger partial charge in [-0.25, -0.2) is 4.79 Å². The summed E-state index contributed by atoms with van der Waals surface area (Å²) in [4.78, 5) is 22.1. The van der Waals surface area contributed by atoms with Crippen LogP contribution < -0.4 is 5.73 Å². The van der Waals surface area contributed by atoms with Gasteiger partial charge in [-0.2, -0.15) is 0 Å². The second kappa shape index (κ2) is 6.00. The van der Waals surface area contributed by atoms with Crippen molar-refractivity contribution in [3.05, 3.63) is 35.4 Å². The number of benzene rings is 1. The smallest absolute Gasteiger partial charge is 0.335 e. The van der Waals surface area contributed by atoms with Gasteiger partial charge in [-0.05, 0) is 31.0 Å². The Kier molecular flexibility index (Phi) is 4.66. The quantitative estimate of drug-likeness (QED) is 0.740. The molecule has 0 heterocycles. The van der Waals surface area contributed by atoms with E-state index in [0.717, 1.165) is 0 Å². The van der Waals surface area contributed by atoms with E-state index in [-0.39, 0.29) is 18.6 Å². The monoisotopic (exact) mass is 237 g/mol. The molecule has 0 aromatic heterocycles. The molecule has 0 aliphatic rings. The van der Waals surface area contributed by atoms with Crippen molar-refractivity contribution in [3.63, 3.8) is 0 Å². The van der Waals surface area contributed by atoms with Crippen molar-refractivity contribution >= 4 is 11.9 Å². The van der Waals surface area contributed by atoms with Crippen molar-refractivity contribution < 1.29 is 19.4 Å². The van der Waals surface area contributed by atoms with Crippen molar-refractivity contribution in [1.82, 2.24) is 0 Å². The molecule has 1 atom stereocenters. The van der Waals surface area contributed by atoms with Crippen molar-refractivity contribution in [3.8, 4) is 0 Å². The molecule has 92 valence electrons. The first-order chi connectivity index (χ1) is 8.04. The first-order valence-corrected chi connectivity index (χ1v) is 5.29. The molecular weight excluding hydrogens is 222 g/mol. The number of rotatable bonds is 5. The highest BCUT2D eigenvalue weighted by Crippen LogP contribution is 2.08. The van der Waals surface area contributed by atoms with Gasteiger partial charge in [0.05, 0.1) is 12.2 Å². The molecule has 0 saturated carbocycles. The van der Waals surface area contributed by atoms with Crippen molar-refractivity contribution in [2.24, 2.45) is 5.73 Å². The third kappa shape index (κ3) is 3.88. The number of aromatic carboxylic acids is 1.